The van der Waals surface area contributed by atoms with Gasteiger partial charge in [0.15, 0.2) is 0 Å². The second kappa shape index (κ2) is 7.09. The van der Waals surface area contributed by atoms with E-state index in [9.17, 15) is 0 Å². The van der Waals surface area contributed by atoms with Crippen molar-refractivity contribution in [3.63, 3.8) is 0 Å². The summed E-state index contributed by atoms with van der Waals surface area (Å²) in [5.74, 6) is 11.5. The Balaban J connectivity index is 1.55. The summed E-state index contributed by atoms with van der Waals surface area (Å²) in [7, 11) is 10.0. The molecule has 0 aromatic heterocycles. The topological polar surface area (TPSA) is 0 Å². The van der Waals surface area contributed by atoms with Gasteiger partial charge in [-0.1, -0.05) is 0 Å². The number of rotatable bonds is 6. The van der Waals surface area contributed by atoms with E-state index in [1.807, 2.05) is 0 Å². The predicted molar refractivity (Wildman–Crippen MR) is 117 cm³/mol. The monoisotopic (exact) mass is 528 g/mol. The van der Waals surface area contributed by atoms with Crippen LogP contribution in [-0.4, -0.2) is 72.2 Å². The first-order valence-corrected chi connectivity index (χ1v) is 30.4. The van der Waals surface area contributed by atoms with Gasteiger partial charge in [0, 0.05) is 0 Å². The van der Waals surface area contributed by atoms with Gasteiger partial charge in [-0.05, 0) is 0 Å². The summed E-state index contributed by atoms with van der Waals surface area (Å²) in [6.45, 7) is 0. The molecule has 0 spiro atoms. The molecule has 0 radical (unpaired) electrons. The molecule has 0 atom stereocenters. The fraction of sp³-hybridized carbons (Fsp3) is 1.00. The molecule has 20 heavy (non-hydrogen) atoms. The normalized spacial score (nSPS) is 35.5. The maximum atomic E-state index is 2.56. The molecule has 116 valence electrons. The van der Waals surface area contributed by atoms with E-state index >= 15 is 0 Å². The van der Waals surface area contributed by atoms with Gasteiger partial charge >= 0.3 is 152 Å². The van der Waals surface area contributed by atoms with Gasteiger partial charge in [-0.3, -0.25) is 0 Å². The van der Waals surface area contributed by atoms with E-state index in [-0.39, 0.29) is 0 Å². The Morgan fingerprint density at radius 1 is 0.600 bits per heavy atom. The zero-order chi connectivity index (χ0) is 13.5. The molecule has 9 heteroatoms. The zero-order valence-electron chi connectivity index (χ0n) is 11.1. The Bertz CT molecular complexity index is 314. The first kappa shape index (κ1) is 17.1. The molecule has 0 bridgehead atoms. The van der Waals surface area contributed by atoms with E-state index in [1.165, 1.54) is 46.0 Å². The molecule has 0 aliphatic carbocycles. The van der Waals surface area contributed by atoms with Crippen LogP contribution in [-0.2, 0) is 0 Å². The molecule has 4 aliphatic rings. The van der Waals surface area contributed by atoms with Crippen LogP contribution in [0.4, 0.5) is 0 Å². The van der Waals surface area contributed by atoms with Gasteiger partial charge in [0.2, 0.25) is 0 Å². The Labute approximate surface area is 149 Å². The molecule has 4 rings (SSSR count). The molecule has 0 aromatic carbocycles. The molecule has 0 nitrogen and oxygen atoms in total. The van der Waals surface area contributed by atoms with E-state index in [1.54, 1.807) is 0 Å². The standard InChI is InChI=1S/3C3H6S2.C2H6S2.Sb/c3*4-3-1-5-2-3;3-1-2-4;/h3*3-4H,1-2H2;3-4H,1-2H2;/q;;;;+5/p-5. The third kappa shape index (κ3) is 3.59. The zero-order valence-corrected chi connectivity index (χ0v) is 20.2. The van der Waals surface area contributed by atoms with Gasteiger partial charge in [0.05, 0.1) is 0 Å². The van der Waals surface area contributed by atoms with Crippen LogP contribution in [0.15, 0.2) is 0 Å². The minimum atomic E-state index is -2.66. The molecule has 0 amide bonds. The predicted octanol–water partition coefficient (Wildman–Crippen LogP) is 4.90. The van der Waals surface area contributed by atoms with Crippen LogP contribution in [0.5, 0.6) is 0 Å². The maximum absolute atomic E-state index is 2.66. The molecule has 4 saturated heterocycles. The van der Waals surface area contributed by atoms with Gasteiger partial charge < -0.3 is 0 Å². The van der Waals surface area contributed by atoms with Crippen LogP contribution < -0.4 is 0 Å². The first-order chi connectivity index (χ1) is 9.76. The quantitative estimate of drug-likeness (QED) is 0.440. The van der Waals surface area contributed by atoms with Crippen molar-refractivity contribution in [2.45, 2.75) is 15.7 Å². The summed E-state index contributed by atoms with van der Waals surface area (Å²) in [6.07, 6.45) is 0. The summed E-state index contributed by atoms with van der Waals surface area (Å²) >= 11 is 6.51. The van der Waals surface area contributed by atoms with E-state index in [4.69, 9.17) is 0 Å². The van der Waals surface area contributed by atoms with Crippen LogP contribution in [0, 0.1) is 0 Å². The molecule has 0 N–H and O–H groups in total. The SMILES string of the molecule is C1C[S][Sb]([S]C2CSC2)([S]C2CSC2)([S]C2CSC2)[S]1. The van der Waals surface area contributed by atoms with Gasteiger partial charge in [-0.25, -0.2) is 0 Å². The Morgan fingerprint density at radius 2 is 0.950 bits per heavy atom. The Hall–Kier alpha value is 3.62. The summed E-state index contributed by atoms with van der Waals surface area (Å²) in [5, 5.41) is 3.00. The fourth-order valence-corrected chi connectivity index (χ4v) is 99.0. The van der Waals surface area contributed by atoms with Gasteiger partial charge in [-0.15, -0.1) is 0 Å². The molecule has 0 saturated carbocycles. The van der Waals surface area contributed by atoms with Gasteiger partial charge in [0.1, 0.15) is 0 Å². The van der Waals surface area contributed by atoms with Crippen molar-refractivity contribution in [3.8, 4) is 0 Å². The molecule has 4 fully saturated rings. The summed E-state index contributed by atoms with van der Waals surface area (Å²) < 4.78 is 0. The first-order valence-electron chi connectivity index (χ1n) is 6.88. The third-order valence-electron chi connectivity index (χ3n) is 3.47. The van der Waals surface area contributed by atoms with Crippen LogP contribution in [0.2, 0.25) is 0 Å². The van der Waals surface area contributed by atoms with E-state index in [2.05, 4.69) is 79.5 Å². The van der Waals surface area contributed by atoms with Crippen LogP contribution >= 0.6 is 79.5 Å². The summed E-state index contributed by atoms with van der Waals surface area (Å²) in [4.78, 5) is 0. The van der Waals surface area contributed by atoms with Gasteiger partial charge in [0.25, 0.3) is 0 Å². The summed E-state index contributed by atoms with van der Waals surface area (Å²) in [5.41, 5.74) is 0. The van der Waals surface area contributed by atoms with Crippen molar-refractivity contribution in [2.75, 3.05) is 46.0 Å². The van der Waals surface area contributed by atoms with Crippen molar-refractivity contribution >= 4 is 89.9 Å². The van der Waals surface area contributed by atoms with Gasteiger partial charge in [-0.2, -0.15) is 0 Å². The Morgan fingerprint density at radius 3 is 1.20 bits per heavy atom. The number of hydrogen-bond donors (Lipinski definition) is 0. The third-order valence-corrected chi connectivity index (χ3v) is 78.0. The van der Waals surface area contributed by atoms with E-state index in [0.29, 0.717) is 0 Å². The summed E-state index contributed by atoms with van der Waals surface area (Å²) in [6, 6.07) is 0. The van der Waals surface area contributed by atoms with Crippen molar-refractivity contribution in [1.82, 2.24) is 0 Å². The molecule has 0 aromatic rings. The number of hydrogen-bond acceptors (Lipinski definition) is 8. The fourth-order valence-electron chi connectivity index (χ4n) is 2.22. The van der Waals surface area contributed by atoms with E-state index in [0.717, 1.165) is 15.7 Å². The average molecular weight is 530 g/mol. The van der Waals surface area contributed by atoms with Crippen LogP contribution in [0.3, 0.4) is 0 Å². The van der Waals surface area contributed by atoms with Crippen molar-refractivity contribution in [3.05, 3.63) is 0 Å². The number of thioether (sulfide) groups is 3. The van der Waals surface area contributed by atoms with Crippen molar-refractivity contribution < 1.29 is 0 Å². The Kier molecular flexibility index (Phi) is 6.04. The molecule has 4 aliphatic heterocycles. The van der Waals surface area contributed by atoms with Crippen LogP contribution in [0.25, 0.3) is 0 Å². The molecule has 0 unspecified atom stereocenters. The average Bonchev–Trinajstić information content (AvgIpc) is 2.71. The van der Waals surface area contributed by atoms with Crippen molar-refractivity contribution in [1.29, 1.82) is 0 Å². The van der Waals surface area contributed by atoms with Crippen LogP contribution in [0.1, 0.15) is 0 Å². The second-order valence-electron chi connectivity index (χ2n) is 5.21. The second-order valence-corrected chi connectivity index (χ2v) is 66.5. The van der Waals surface area contributed by atoms with Crippen molar-refractivity contribution in [2.24, 2.45) is 0 Å². The molecule has 4 heterocycles. The molecular formula is C11H19S8Sb. The van der Waals surface area contributed by atoms with E-state index < -0.39 is 10.4 Å². The molecular weight excluding hydrogens is 510 g/mol. The minimum absolute atomic E-state index is 1.00.